The lowest BCUT2D eigenvalue weighted by molar-refractivity contribution is 0.173. The summed E-state index contributed by atoms with van der Waals surface area (Å²) in [6.45, 7) is 8.29. The Bertz CT molecular complexity index is 1080. The Kier molecular flexibility index (Phi) is 6.26. The average molecular weight is 450 g/mol. The zero-order chi connectivity index (χ0) is 22.8. The maximum atomic E-state index is 13.4. The van der Waals surface area contributed by atoms with Crippen LogP contribution in [0.5, 0.6) is 0 Å². The molecule has 2 saturated heterocycles. The van der Waals surface area contributed by atoms with Gasteiger partial charge in [0.25, 0.3) is 0 Å². The maximum absolute atomic E-state index is 13.4. The van der Waals surface area contributed by atoms with Crippen LogP contribution in [-0.2, 0) is 13.0 Å². The van der Waals surface area contributed by atoms with Gasteiger partial charge in [-0.1, -0.05) is 6.92 Å². The first kappa shape index (κ1) is 21.8. The summed E-state index contributed by atoms with van der Waals surface area (Å²) in [5, 5.41) is 0. The highest BCUT2D eigenvalue weighted by Crippen LogP contribution is 2.33. The summed E-state index contributed by atoms with van der Waals surface area (Å²) < 4.78 is 15.8. The molecule has 0 bridgehead atoms. The summed E-state index contributed by atoms with van der Waals surface area (Å²) in [4.78, 5) is 18.6. The summed E-state index contributed by atoms with van der Waals surface area (Å²) in [5.74, 6) is 2.86. The molecule has 0 saturated carbocycles. The van der Waals surface area contributed by atoms with E-state index in [0.717, 1.165) is 73.9 Å². The Morgan fingerprint density at radius 2 is 1.79 bits per heavy atom. The molecule has 0 spiro atoms. The highest BCUT2D eigenvalue weighted by Gasteiger charge is 2.27. The van der Waals surface area contributed by atoms with Crippen molar-refractivity contribution in [3.63, 3.8) is 0 Å². The number of anilines is 2. The highest BCUT2D eigenvalue weighted by atomic mass is 19.1. The molecule has 0 unspecified atom stereocenters. The van der Waals surface area contributed by atoms with Gasteiger partial charge in [0, 0.05) is 49.4 Å². The second kappa shape index (κ2) is 9.47. The smallest absolute Gasteiger partial charge is 0.137 e. The van der Waals surface area contributed by atoms with E-state index in [-0.39, 0.29) is 5.82 Å². The van der Waals surface area contributed by atoms with Crippen molar-refractivity contribution >= 4 is 11.6 Å². The molecule has 8 heteroatoms. The van der Waals surface area contributed by atoms with E-state index in [1.54, 1.807) is 6.33 Å². The largest absolute Gasteiger partial charge is 0.383 e. The van der Waals surface area contributed by atoms with Gasteiger partial charge < -0.3 is 20.1 Å². The van der Waals surface area contributed by atoms with E-state index in [1.807, 2.05) is 12.1 Å². The fourth-order valence-electron chi connectivity index (χ4n) is 4.93. The predicted octanol–water partition coefficient (Wildman–Crippen LogP) is 3.71. The van der Waals surface area contributed by atoms with E-state index in [0.29, 0.717) is 11.7 Å². The first-order valence-corrected chi connectivity index (χ1v) is 12.0. The number of halogens is 1. The van der Waals surface area contributed by atoms with Crippen LogP contribution >= 0.6 is 0 Å². The number of nitrogens with two attached hydrogens (primary N) is 1. The van der Waals surface area contributed by atoms with E-state index >= 15 is 0 Å². The minimum Gasteiger partial charge on any atom is -0.383 e. The van der Waals surface area contributed by atoms with Crippen LogP contribution in [0.1, 0.15) is 43.5 Å². The van der Waals surface area contributed by atoms with Gasteiger partial charge in [-0.25, -0.2) is 19.3 Å². The van der Waals surface area contributed by atoms with Gasteiger partial charge in [0.15, 0.2) is 0 Å². The van der Waals surface area contributed by atoms with Crippen LogP contribution in [0.2, 0.25) is 0 Å². The normalized spacial score (nSPS) is 17.3. The van der Waals surface area contributed by atoms with Crippen molar-refractivity contribution < 1.29 is 4.39 Å². The SMILES string of the molecule is CCc1c(N)ncnc1N1CCC(c2nc(-c3ccc(F)cc3)cn2CCN2CCC2)CC1. The zero-order valence-electron chi connectivity index (χ0n) is 19.3. The Labute approximate surface area is 194 Å². The Morgan fingerprint density at radius 3 is 2.45 bits per heavy atom. The number of benzene rings is 1. The summed E-state index contributed by atoms with van der Waals surface area (Å²) in [6.07, 6.45) is 7.85. The third-order valence-corrected chi connectivity index (χ3v) is 7.02. The van der Waals surface area contributed by atoms with Crippen molar-refractivity contribution in [2.45, 2.75) is 45.1 Å². The van der Waals surface area contributed by atoms with Crippen molar-refractivity contribution in [1.29, 1.82) is 0 Å². The molecule has 1 aromatic carbocycles. The third-order valence-electron chi connectivity index (χ3n) is 7.02. The number of imidazole rings is 1. The lowest BCUT2D eigenvalue weighted by atomic mass is 9.95. The van der Waals surface area contributed by atoms with E-state index in [1.165, 1.54) is 31.6 Å². The van der Waals surface area contributed by atoms with Crippen LogP contribution in [0, 0.1) is 5.82 Å². The molecule has 2 fully saturated rings. The second-order valence-electron chi connectivity index (χ2n) is 9.06. The van der Waals surface area contributed by atoms with Gasteiger partial charge in [0.05, 0.1) is 5.69 Å². The number of hydrogen-bond acceptors (Lipinski definition) is 6. The van der Waals surface area contributed by atoms with Crippen molar-refractivity contribution in [1.82, 2.24) is 24.4 Å². The average Bonchev–Trinajstić information content (AvgIpc) is 3.22. The standard InChI is InChI=1S/C25H32FN7/c1-2-21-23(27)28-17-29-25(21)32-12-8-19(9-13-32)24-30-22(18-4-6-20(26)7-5-18)16-33(24)15-14-31-10-3-11-31/h4-7,16-17,19H,2-3,8-15H2,1H3,(H2,27,28,29). The summed E-state index contributed by atoms with van der Waals surface area (Å²) >= 11 is 0. The number of aromatic nitrogens is 4. The van der Waals surface area contributed by atoms with Crippen molar-refractivity contribution in [3.8, 4) is 11.3 Å². The molecular formula is C25H32FN7. The monoisotopic (exact) mass is 449 g/mol. The zero-order valence-corrected chi connectivity index (χ0v) is 19.3. The number of nitrogen functional groups attached to an aromatic ring is 1. The molecule has 4 heterocycles. The molecule has 0 radical (unpaired) electrons. The van der Waals surface area contributed by atoms with E-state index in [2.05, 4.69) is 37.5 Å². The number of piperidine rings is 1. The Balaban J connectivity index is 1.35. The molecule has 33 heavy (non-hydrogen) atoms. The van der Waals surface area contributed by atoms with Gasteiger partial charge in [-0.15, -0.1) is 0 Å². The van der Waals surface area contributed by atoms with Crippen LogP contribution in [-0.4, -0.2) is 57.1 Å². The van der Waals surface area contributed by atoms with Crippen LogP contribution in [0.25, 0.3) is 11.3 Å². The summed E-state index contributed by atoms with van der Waals surface area (Å²) in [5.41, 5.74) is 9.02. The predicted molar refractivity (Wildman–Crippen MR) is 129 cm³/mol. The number of hydrogen-bond donors (Lipinski definition) is 1. The molecule has 2 aliphatic rings. The quantitative estimate of drug-likeness (QED) is 0.593. The molecular weight excluding hydrogens is 417 g/mol. The van der Waals surface area contributed by atoms with Crippen molar-refractivity contribution in [3.05, 3.63) is 54.0 Å². The third kappa shape index (κ3) is 4.57. The second-order valence-corrected chi connectivity index (χ2v) is 9.06. The van der Waals surface area contributed by atoms with Gasteiger partial charge in [-0.3, -0.25) is 0 Å². The first-order chi connectivity index (χ1) is 16.1. The van der Waals surface area contributed by atoms with Crippen LogP contribution in [0.3, 0.4) is 0 Å². The molecule has 7 nitrogen and oxygen atoms in total. The first-order valence-electron chi connectivity index (χ1n) is 12.0. The Hall–Kier alpha value is -3.00. The fraction of sp³-hybridized carbons (Fsp3) is 0.480. The minimum absolute atomic E-state index is 0.222. The number of likely N-dealkylation sites (tertiary alicyclic amines) is 1. The van der Waals surface area contributed by atoms with E-state index < -0.39 is 0 Å². The molecule has 0 atom stereocenters. The highest BCUT2D eigenvalue weighted by molar-refractivity contribution is 5.59. The topological polar surface area (TPSA) is 76.1 Å². The fourth-order valence-corrected chi connectivity index (χ4v) is 4.93. The van der Waals surface area contributed by atoms with E-state index in [9.17, 15) is 4.39 Å². The molecule has 174 valence electrons. The number of rotatable bonds is 7. The maximum Gasteiger partial charge on any atom is 0.137 e. The van der Waals surface area contributed by atoms with Crippen LogP contribution in [0.4, 0.5) is 16.0 Å². The minimum atomic E-state index is -0.222. The molecule has 2 aromatic heterocycles. The molecule has 2 aliphatic heterocycles. The molecule has 2 N–H and O–H groups in total. The lowest BCUT2D eigenvalue weighted by Crippen LogP contribution is -2.39. The van der Waals surface area contributed by atoms with Crippen molar-refractivity contribution in [2.24, 2.45) is 0 Å². The molecule has 5 rings (SSSR count). The lowest BCUT2D eigenvalue weighted by Gasteiger charge is -2.34. The summed E-state index contributed by atoms with van der Waals surface area (Å²) in [6, 6.07) is 6.64. The molecule has 3 aromatic rings. The van der Waals surface area contributed by atoms with Crippen molar-refractivity contribution in [2.75, 3.05) is 43.4 Å². The molecule has 0 amide bonds. The van der Waals surface area contributed by atoms with Crippen LogP contribution in [0.15, 0.2) is 36.8 Å². The van der Waals surface area contributed by atoms with Gasteiger partial charge in [-0.2, -0.15) is 0 Å². The Morgan fingerprint density at radius 1 is 1.03 bits per heavy atom. The molecule has 0 aliphatic carbocycles. The van der Waals surface area contributed by atoms with Crippen LogP contribution < -0.4 is 10.6 Å². The van der Waals surface area contributed by atoms with Gasteiger partial charge >= 0.3 is 0 Å². The van der Waals surface area contributed by atoms with E-state index in [4.69, 9.17) is 10.7 Å². The van der Waals surface area contributed by atoms with Gasteiger partial charge in [-0.05, 0) is 63.0 Å². The number of nitrogens with zero attached hydrogens (tertiary/aromatic N) is 6. The summed E-state index contributed by atoms with van der Waals surface area (Å²) in [7, 11) is 0. The van der Waals surface area contributed by atoms with Gasteiger partial charge in [0.1, 0.15) is 29.6 Å². The van der Waals surface area contributed by atoms with Gasteiger partial charge in [0.2, 0.25) is 0 Å².